The number of nitrogens with zero attached hydrogens (tertiary/aromatic N) is 1. The summed E-state index contributed by atoms with van der Waals surface area (Å²) in [5, 5.41) is 18.1. The molecule has 1 aromatic carbocycles. The maximum absolute atomic E-state index is 14.0. The predicted molar refractivity (Wildman–Crippen MR) is 119 cm³/mol. The number of carbonyl (C=O) groups excluding carboxylic acids is 3. The quantitative estimate of drug-likeness (QED) is 0.472. The van der Waals surface area contributed by atoms with Crippen LogP contribution in [0.25, 0.3) is 10.9 Å². The number of H-pyrrole nitrogens is 1. The van der Waals surface area contributed by atoms with Crippen molar-refractivity contribution in [3.05, 3.63) is 35.5 Å². The van der Waals surface area contributed by atoms with Crippen molar-refractivity contribution in [2.24, 2.45) is 11.8 Å². The molecule has 1 aliphatic carbocycles. The molecule has 0 bridgehead atoms. The van der Waals surface area contributed by atoms with Gasteiger partial charge in [-0.3, -0.25) is 14.4 Å². The van der Waals surface area contributed by atoms with Gasteiger partial charge in [0, 0.05) is 16.8 Å². The molecular weight excluding hydrogens is 444 g/mol. The van der Waals surface area contributed by atoms with E-state index in [4.69, 9.17) is 0 Å². The Morgan fingerprint density at radius 2 is 1.97 bits per heavy atom. The first-order valence-corrected chi connectivity index (χ1v) is 11.4. The number of fused-ring (bicyclic) bond motifs is 1. The zero-order valence-electron chi connectivity index (χ0n) is 19.0. The molecule has 34 heavy (non-hydrogen) atoms. The molecular formula is C24H27F2N5O3. The topological polar surface area (TPSA) is 127 Å². The molecule has 180 valence electrons. The lowest BCUT2D eigenvalue weighted by atomic mass is 9.92. The Kier molecular flexibility index (Phi) is 6.30. The van der Waals surface area contributed by atoms with Crippen LogP contribution in [-0.4, -0.2) is 40.3 Å². The van der Waals surface area contributed by atoms with E-state index < -0.39 is 41.5 Å². The molecule has 1 saturated carbocycles. The highest BCUT2D eigenvalue weighted by Gasteiger charge is 2.39. The summed E-state index contributed by atoms with van der Waals surface area (Å²) >= 11 is 0. The minimum absolute atomic E-state index is 0.00483. The first-order chi connectivity index (χ1) is 16.1. The summed E-state index contributed by atoms with van der Waals surface area (Å²) in [5.41, 5.74) is -0.499. The van der Waals surface area contributed by atoms with E-state index in [2.05, 4.69) is 20.9 Å². The summed E-state index contributed by atoms with van der Waals surface area (Å²) in [6.07, 6.45) is 3.01. The van der Waals surface area contributed by atoms with E-state index in [-0.39, 0.29) is 35.0 Å². The van der Waals surface area contributed by atoms with Crippen LogP contribution in [0.4, 0.5) is 8.78 Å². The lowest BCUT2D eigenvalue weighted by molar-refractivity contribution is -0.125. The average Bonchev–Trinajstić information content (AvgIpc) is 3.41. The van der Waals surface area contributed by atoms with E-state index in [1.165, 1.54) is 12.1 Å². The Labute approximate surface area is 195 Å². The Hall–Kier alpha value is -3.48. The number of aromatic nitrogens is 1. The van der Waals surface area contributed by atoms with Gasteiger partial charge in [0.25, 0.3) is 5.91 Å². The van der Waals surface area contributed by atoms with Gasteiger partial charge in [0.2, 0.25) is 11.8 Å². The van der Waals surface area contributed by atoms with Gasteiger partial charge in [-0.1, -0.05) is 12.8 Å². The molecule has 2 heterocycles. The van der Waals surface area contributed by atoms with Crippen LogP contribution in [0.1, 0.15) is 56.4 Å². The van der Waals surface area contributed by atoms with Crippen molar-refractivity contribution in [3.63, 3.8) is 0 Å². The maximum atomic E-state index is 14.0. The van der Waals surface area contributed by atoms with E-state index in [0.717, 1.165) is 18.9 Å². The van der Waals surface area contributed by atoms with Gasteiger partial charge in [0.15, 0.2) is 11.6 Å². The van der Waals surface area contributed by atoms with Crippen LogP contribution in [0.3, 0.4) is 0 Å². The number of hydrogen-bond donors (Lipinski definition) is 4. The van der Waals surface area contributed by atoms with Crippen molar-refractivity contribution >= 4 is 28.6 Å². The molecule has 2 aromatic rings. The number of hydrogen-bond acceptors (Lipinski definition) is 4. The summed E-state index contributed by atoms with van der Waals surface area (Å²) in [5.74, 6) is -3.52. The van der Waals surface area contributed by atoms with Crippen LogP contribution in [0.2, 0.25) is 0 Å². The monoisotopic (exact) mass is 471 g/mol. The minimum atomic E-state index is -1.08. The van der Waals surface area contributed by atoms with Crippen molar-refractivity contribution in [2.75, 3.05) is 0 Å². The molecule has 8 nitrogen and oxygen atoms in total. The standard InChI is InChI=1S/C24H27F2N5O3/c1-24(2)10-14(21(32)31-24)8-15(11-27)28-22(33)17(7-12-3-4-12)30-23(34)18-9-13-5-6-16(25)19(26)20(13)29-18/h5-6,9,12,14-15,17,29H,3-4,7-8,10H2,1-2H3,(H,28,33)(H,30,34)(H,31,32). The highest BCUT2D eigenvalue weighted by atomic mass is 19.2. The van der Waals surface area contributed by atoms with E-state index >= 15 is 0 Å². The largest absolute Gasteiger partial charge is 0.351 e. The van der Waals surface area contributed by atoms with Crippen molar-refractivity contribution in [3.8, 4) is 6.07 Å². The zero-order valence-corrected chi connectivity index (χ0v) is 19.0. The first-order valence-electron chi connectivity index (χ1n) is 11.4. The fraction of sp³-hybridized carbons (Fsp3) is 0.500. The maximum Gasteiger partial charge on any atom is 0.268 e. The van der Waals surface area contributed by atoms with Crippen molar-refractivity contribution in [1.82, 2.24) is 20.9 Å². The second-order valence-corrected chi connectivity index (χ2v) is 9.91. The SMILES string of the molecule is CC1(C)CC(CC(C#N)NC(=O)C(CC2CC2)NC(=O)c2cc3ccc(F)c(F)c3[nH]2)C(=O)N1. The highest BCUT2D eigenvalue weighted by molar-refractivity contribution is 6.00. The van der Waals surface area contributed by atoms with Crippen LogP contribution in [-0.2, 0) is 9.59 Å². The number of aromatic amines is 1. The predicted octanol–water partition coefficient (Wildman–Crippen LogP) is 2.66. The van der Waals surface area contributed by atoms with E-state index in [1.54, 1.807) is 0 Å². The molecule has 1 aliphatic heterocycles. The van der Waals surface area contributed by atoms with Gasteiger partial charge in [-0.05, 0) is 57.2 Å². The molecule has 2 aliphatic rings. The normalized spacial score (nSPS) is 20.9. The van der Waals surface area contributed by atoms with Crippen LogP contribution in [0, 0.1) is 34.8 Å². The van der Waals surface area contributed by atoms with Crippen molar-refractivity contribution < 1.29 is 23.2 Å². The smallest absolute Gasteiger partial charge is 0.268 e. The van der Waals surface area contributed by atoms with E-state index in [0.29, 0.717) is 18.2 Å². The lowest BCUT2D eigenvalue weighted by Gasteiger charge is -2.21. The molecule has 0 radical (unpaired) electrons. The van der Waals surface area contributed by atoms with Gasteiger partial charge in [-0.15, -0.1) is 0 Å². The van der Waals surface area contributed by atoms with Gasteiger partial charge in [0.1, 0.15) is 17.8 Å². The summed E-state index contributed by atoms with van der Waals surface area (Å²) in [6.45, 7) is 3.80. The number of carbonyl (C=O) groups is 3. The van der Waals surface area contributed by atoms with E-state index in [1.807, 2.05) is 19.9 Å². The van der Waals surface area contributed by atoms with Crippen molar-refractivity contribution in [1.29, 1.82) is 5.26 Å². The Morgan fingerprint density at radius 3 is 2.59 bits per heavy atom. The molecule has 10 heteroatoms. The third-order valence-corrected chi connectivity index (χ3v) is 6.40. The molecule has 3 unspecified atom stereocenters. The number of halogens is 2. The van der Waals surface area contributed by atoms with Gasteiger partial charge in [-0.25, -0.2) is 8.78 Å². The number of amides is 3. The molecule has 4 rings (SSSR count). The van der Waals surface area contributed by atoms with Crippen molar-refractivity contribution in [2.45, 2.75) is 63.6 Å². The summed E-state index contributed by atoms with van der Waals surface area (Å²) in [7, 11) is 0. The molecule has 2 fully saturated rings. The molecule has 3 amide bonds. The molecule has 0 spiro atoms. The average molecular weight is 472 g/mol. The fourth-order valence-electron chi connectivity index (χ4n) is 4.50. The summed E-state index contributed by atoms with van der Waals surface area (Å²) in [6, 6.07) is 3.96. The Morgan fingerprint density at radius 1 is 1.24 bits per heavy atom. The number of nitriles is 1. The van der Waals surface area contributed by atoms with Crippen LogP contribution < -0.4 is 16.0 Å². The molecule has 3 atom stereocenters. The van der Waals surface area contributed by atoms with Crippen LogP contribution in [0.15, 0.2) is 18.2 Å². The Bertz CT molecular complexity index is 1180. The second kappa shape index (κ2) is 9.05. The highest BCUT2D eigenvalue weighted by Crippen LogP contribution is 2.34. The minimum Gasteiger partial charge on any atom is -0.351 e. The number of rotatable bonds is 8. The van der Waals surface area contributed by atoms with Gasteiger partial charge >= 0.3 is 0 Å². The van der Waals surface area contributed by atoms with Gasteiger partial charge in [-0.2, -0.15) is 5.26 Å². The molecule has 1 saturated heterocycles. The van der Waals surface area contributed by atoms with E-state index in [9.17, 15) is 28.4 Å². The van der Waals surface area contributed by atoms with Crippen LogP contribution in [0.5, 0.6) is 0 Å². The van der Waals surface area contributed by atoms with Gasteiger partial charge in [0.05, 0.1) is 11.6 Å². The molecule has 1 aromatic heterocycles. The molecule has 4 N–H and O–H groups in total. The third-order valence-electron chi connectivity index (χ3n) is 6.40. The summed E-state index contributed by atoms with van der Waals surface area (Å²) in [4.78, 5) is 40.6. The van der Waals surface area contributed by atoms with Gasteiger partial charge < -0.3 is 20.9 Å². The number of benzene rings is 1. The Balaban J connectivity index is 1.44. The van der Waals surface area contributed by atoms with Crippen LogP contribution >= 0.6 is 0 Å². The first kappa shape index (κ1) is 23.7. The fourth-order valence-corrected chi connectivity index (χ4v) is 4.50. The third kappa shape index (κ3) is 5.19. The second-order valence-electron chi connectivity index (χ2n) is 9.91. The summed E-state index contributed by atoms with van der Waals surface area (Å²) < 4.78 is 27.5. The zero-order chi connectivity index (χ0) is 24.6. The number of nitrogens with one attached hydrogen (secondary N) is 4. The lowest BCUT2D eigenvalue weighted by Crippen LogP contribution is -2.50.